The Balaban J connectivity index is 1.66. The Bertz CT molecular complexity index is 687. The number of benzene rings is 1. The van der Waals surface area contributed by atoms with Crippen LogP contribution in [-0.4, -0.2) is 33.6 Å². The van der Waals surface area contributed by atoms with E-state index in [9.17, 15) is 4.79 Å². The van der Waals surface area contributed by atoms with E-state index < -0.39 is 0 Å². The van der Waals surface area contributed by atoms with E-state index in [1.807, 2.05) is 29.2 Å². The van der Waals surface area contributed by atoms with Gasteiger partial charge in [0.15, 0.2) is 5.69 Å². The van der Waals surface area contributed by atoms with Crippen LogP contribution in [0.2, 0.25) is 0 Å². The van der Waals surface area contributed by atoms with Gasteiger partial charge in [-0.3, -0.25) is 4.79 Å². The highest BCUT2D eigenvalue weighted by molar-refractivity contribution is 5.92. The van der Waals surface area contributed by atoms with Gasteiger partial charge in [0, 0.05) is 18.6 Å². The second-order valence-electron chi connectivity index (χ2n) is 6.64. The highest BCUT2D eigenvalue weighted by Crippen LogP contribution is 2.22. The van der Waals surface area contributed by atoms with Crippen LogP contribution in [0.1, 0.15) is 61.6 Å². The van der Waals surface area contributed by atoms with Crippen molar-refractivity contribution in [2.75, 3.05) is 11.9 Å². The summed E-state index contributed by atoms with van der Waals surface area (Å²) in [5, 5.41) is 11.7. The molecule has 1 aliphatic heterocycles. The molecule has 132 valence electrons. The Hall–Kier alpha value is -2.43. The average Bonchev–Trinajstić information content (AvgIpc) is 2.68. The molecule has 2 aromatic rings. The van der Waals surface area contributed by atoms with Gasteiger partial charge in [-0.2, -0.15) is 0 Å². The van der Waals surface area contributed by atoms with E-state index in [1.54, 1.807) is 6.07 Å². The Kier molecular flexibility index (Phi) is 5.64. The van der Waals surface area contributed by atoms with Crippen LogP contribution < -0.4 is 5.32 Å². The molecule has 2 atom stereocenters. The van der Waals surface area contributed by atoms with Gasteiger partial charge in [-0.15, -0.1) is 10.2 Å². The summed E-state index contributed by atoms with van der Waals surface area (Å²) in [6, 6.07) is 14.3. The summed E-state index contributed by atoms with van der Waals surface area (Å²) in [7, 11) is 0. The number of carbonyl (C=O) groups excluding carboxylic acids is 1. The molecule has 0 spiro atoms. The molecule has 5 nitrogen and oxygen atoms in total. The van der Waals surface area contributed by atoms with Gasteiger partial charge in [-0.1, -0.05) is 37.3 Å². The van der Waals surface area contributed by atoms with E-state index in [0.29, 0.717) is 17.6 Å². The summed E-state index contributed by atoms with van der Waals surface area (Å²) < 4.78 is 0. The lowest BCUT2D eigenvalue weighted by Crippen LogP contribution is -2.43. The van der Waals surface area contributed by atoms with Crippen molar-refractivity contribution < 1.29 is 4.79 Å². The van der Waals surface area contributed by atoms with Crippen LogP contribution in [-0.2, 0) is 0 Å². The van der Waals surface area contributed by atoms with Crippen molar-refractivity contribution in [1.82, 2.24) is 15.1 Å². The van der Waals surface area contributed by atoms with E-state index in [2.05, 4.69) is 41.5 Å². The number of hydrogen-bond acceptors (Lipinski definition) is 4. The number of aromatic nitrogens is 2. The van der Waals surface area contributed by atoms with Gasteiger partial charge in [-0.25, -0.2) is 0 Å². The largest absolute Gasteiger partial charge is 0.362 e. The molecule has 3 rings (SSSR count). The average molecular weight is 338 g/mol. The topological polar surface area (TPSA) is 58.1 Å². The van der Waals surface area contributed by atoms with Crippen LogP contribution in [0.5, 0.6) is 0 Å². The molecule has 1 saturated heterocycles. The van der Waals surface area contributed by atoms with Crippen LogP contribution in [0.25, 0.3) is 0 Å². The first-order valence-corrected chi connectivity index (χ1v) is 9.15. The zero-order valence-corrected chi connectivity index (χ0v) is 15.0. The summed E-state index contributed by atoms with van der Waals surface area (Å²) in [5.41, 5.74) is 1.61. The van der Waals surface area contributed by atoms with Crippen molar-refractivity contribution in [2.24, 2.45) is 0 Å². The second-order valence-corrected chi connectivity index (χ2v) is 6.64. The number of likely N-dealkylation sites (tertiary alicyclic amines) is 1. The highest BCUT2D eigenvalue weighted by Gasteiger charge is 2.27. The fourth-order valence-electron chi connectivity index (χ4n) is 3.41. The lowest BCUT2D eigenvalue weighted by molar-refractivity contribution is 0.0601. The number of nitrogens with one attached hydrogen (secondary N) is 1. The molecular formula is C20H26N4O. The first kappa shape index (κ1) is 17.4. The quantitative estimate of drug-likeness (QED) is 0.893. The van der Waals surface area contributed by atoms with Crippen LogP contribution >= 0.6 is 0 Å². The van der Waals surface area contributed by atoms with Crippen molar-refractivity contribution in [2.45, 2.75) is 51.6 Å². The van der Waals surface area contributed by atoms with Crippen LogP contribution in [0.3, 0.4) is 0 Å². The van der Waals surface area contributed by atoms with E-state index in [-0.39, 0.29) is 11.9 Å². The minimum absolute atomic E-state index is 0.00158. The molecule has 5 heteroatoms. The number of hydrogen-bond donors (Lipinski definition) is 1. The third kappa shape index (κ3) is 4.16. The Morgan fingerprint density at radius 2 is 2.00 bits per heavy atom. The fourth-order valence-corrected chi connectivity index (χ4v) is 3.41. The van der Waals surface area contributed by atoms with Gasteiger partial charge in [0.1, 0.15) is 5.82 Å². The van der Waals surface area contributed by atoms with Gasteiger partial charge < -0.3 is 10.2 Å². The molecule has 1 amide bonds. The second kappa shape index (κ2) is 8.10. The lowest BCUT2D eigenvalue weighted by atomic mass is 9.99. The Morgan fingerprint density at radius 1 is 1.20 bits per heavy atom. The maximum Gasteiger partial charge on any atom is 0.274 e. The molecule has 1 aliphatic rings. The molecule has 1 N–H and O–H groups in total. The van der Waals surface area contributed by atoms with Crippen LogP contribution in [0.4, 0.5) is 5.82 Å². The van der Waals surface area contributed by atoms with Crippen LogP contribution in [0.15, 0.2) is 42.5 Å². The predicted octanol–water partition coefficient (Wildman–Crippen LogP) is 4.05. The molecule has 0 bridgehead atoms. The van der Waals surface area contributed by atoms with Gasteiger partial charge in [0.05, 0.1) is 0 Å². The monoisotopic (exact) mass is 338 g/mol. The third-order valence-electron chi connectivity index (χ3n) is 4.91. The van der Waals surface area contributed by atoms with Crippen molar-refractivity contribution in [3.05, 3.63) is 53.7 Å². The Labute approximate surface area is 149 Å². The summed E-state index contributed by atoms with van der Waals surface area (Å²) in [6.07, 6.45) is 4.36. The summed E-state index contributed by atoms with van der Waals surface area (Å²) in [4.78, 5) is 14.7. The number of piperidine rings is 1. The molecular weight excluding hydrogens is 312 g/mol. The number of rotatable bonds is 5. The van der Waals surface area contributed by atoms with Crippen molar-refractivity contribution in [3.63, 3.8) is 0 Å². The standard InChI is InChI=1S/C20H26N4O/c1-3-17-11-7-8-14-24(17)20(25)18-12-13-19(23-22-18)21-15(2)16-9-5-4-6-10-16/h4-6,9-10,12-13,15,17H,3,7-8,11,14H2,1-2H3,(H,21,23). The first-order valence-electron chi connectivity index (χ1n) is 9.15. The minimum atomic E-state index is 0.00158. The van der Waals surface area contributed by atoms with Crippen molar-refractivity contribution in [3.8, 4) is 0 Å². The molecule has 0 radical (unpaired) electrons. The number of nitrogens with zero attached hydrogens (tertiary/aromatic N) is 3. The van der Waals surface area contributed by atoms with Gasteiger partial charge in [0.25, 0.3) is 5.91 Å². The smallest absolute Gasteiger partial charge is 0.274 e. The number of amides is 1. The fraction of sp³-hybridized carbons (Fsp3) is 0.450. The van der Waals surface area contributed by atoms with E-state index in [0.717, 1.165) is 25.8 Å². The van der Waals surface area contributed by atoms with Crippen molar-refractivity contribution >= 4 is 11.7 Å². The molecule has 25 heavy (non-hydrogen) atoms. The molecule has 1 aromatic heterocycles. The molecule has 1 aromatic carbocycles. The van der Waals surface area contributed by atoms with Gasteiger partial charge in [0.2, 0.25) is 0 Å². The van der Waals surface area contributed by atoms with Gasteiger partial charge in [-0.05, 0) is 50.3 Å². The summed E-state index contributed by atoms with van der Waals surface area (Å²) in [6.45, 7) is 5.04. The maximum absolute atomic E-state index is 12.7. The first-order chi connectivity index (χ1) is 12.2. The van der Waals surface area contributed by atoms with E-state index >= 15 is 0 Å². The van der Waals surface area contributed by atoms with Crippen LogP contribution in [0, 0.1) is 0 Å². The molecule has 2 unspecified atom stereocenters. The van der Waals surface area contributed by atoms with E-state index in [4.69, 9.17) is 0 Å². The third-order valence-corrected chi connectivity index (χ3v) is 4.91. The summed E-state index contributed by atoms with van der Waals surface area (Å²) >= 11 is 0. The predicted molar refractivity (Wildman–Crippen MR) is 99.5 cm³/mol. The molecule has 2 heterocycles. The molecule has 0 saturated carbocycles. The zero-order chi connectivity index (χ0) is 17.6. The molecule has 1 fully saturated rings. The minimum Gasteiger partial charge on any atom is -0.362 e. The van der Waals surface area contributed by atoms with E-state index in [1.165, 1.54) is 12.0 Å². The molecule has 0 aliphatic carbocycles. The lowest BCUT2D eigenvalue weighted by Gasteiger charge is -2.34. The zero-order valence-electron chi connectivity index (χ0n) is 15.0. The summed E-state index contributed by atoms with van der Waals surface area (Å²) in [5.74, 6) is 0.681. The Morgan fingerprint density at radius 3 is 2.68 bits per heavy atom. The number of carbonyl (C=O) groups is 1. The number of anilines is 1. The maximum atomic E-state index is 12.7. The normalized spacial score (nSPS) is 18.6. The highest BCUT2D eigenvalue weighted by atomic mass is 16.2. The van der Waals surface area contributed by atoms with Crippen molar-refractivity contribution in [1.29, 1.82) is 0 Å². The SMILES string of the molecule is CCC1CCCCN1C(=O)c1ccc(NC(C)c2ccccc2)nn1. The van der Waals surface area contributed by atoms with Gasteiger partial charge >= 0.3 is 0 Å².